The monoisotopic (exact) mass is 601 g/mol. The Morgan fingerprint density at radius 1 is 1.07 bits per heavy atom. The van der Waals surface area contributed by atoms with Crippen molar-refractivity contribution in [2.24, 2.45) is 11.8 Å². The highest BCUT2D eigenvalue weighted by Gasteiger charge is 2.61. The molecular formula is C29H28BrN7O3. The maximum atomic E-state index is 13.8. The number of aryl methyl sites for hydroxylation is 2. The molecule has 4 heterocycles. The van der Waals surface area contributed by atoms with E-state index in [4.69, 9.17) is 0 Å². The second-order valence-corrected chi connectivity index (χ2v) is 11.5. The van der Waals surface area contributed by atoms with Crippen LogP contribution in [0.15, 0.2) is 47.3 Å². The molecule has 0 radical (unpaired) electrons. The molecule has 2 unspecified atom stereocenters. The molecule has 204 valence electrons. The number of carbonyl (C=O) groups is 3. The highest BCUT2D eigenvalue weighted by atomic mass is 79.9. The largest absolute Gasteiger partial charge is 0.325 e. The van der Waals surface area contributed by atoms with Crippen LogP contribution in [0.25, 0.3) is 22.0 Å². The van der Waals surface area contributed by atoms with E-state index in [1.165, 1.54) is 6.92 Å². The van der Waals surface area contributed by atoms with Gasteiger partial charge in [0.05, 0.1) is 5.52 Å². The number of Topliss-reactive ketones (excluding diaryl/α,β-unsaturated/α-hetero) is 1. The Balaban J connectivity index is 1.29. The van der Waals surface area contributed by atoms with Crippen molar-refractivity contribution < 1.29 is 14.4 Å². The number of benzene rings is 1. The normalized spacial score (nSPS) is 21.4. The molecule has 0 spiro atoms. The van der Waals surface area contributed by atoms with Gasteiger partial charge in [-0.1, -0.05) is 19.1 Å². The molecule has 2 aliphatic rings. The van der Waals surface area contributed by atoms with Gasteiger partial charge in [0.15, 0.2) is 5.78 Å². The second-order valence-electron chi connectivity index (χ2n) is 10.7. The molecule has 1 aliphatic heterocycles. The highest BCUT2D eigenvalue weighted by Crippen LogP contribution is 2.53. The minimum Gasteiger partial charge on any atom is -0.325 e. The van der Waals surface area contributed by atoms with E-state index in [9.17, 15) is 14.4 Å². The topological polar surface area (TPSA) is 123 Å². The van der Waals surface area contributed by atoms with E-state index in [0.29, 0.717) is 45.2 Å². The summed E-state index contributed by atoms with van der Waals surface area (Å²) in [5.74, 6) is 1.12. The minimum atomic E-state index is -0.596. The van der Waals surface area contributed by atoms with Crippen molar-refractivity contribution in [1.29, 1.82) is 0 Å². The number of aromatic nitrogens is 5. The first-order valence-corrected chi connectivity index (χ1v) is 14.0. The van der Waals surface area contributed by atoms with Crippen LogP contribution in [0.1, 0.15) is 42.1 Å². The summed E-state index contributed by atoms with van der Waals surface area (Å²) in [5.41, 5.74) is 3.47. The number of hydrogen-bond donors (Lipinski definition) is 1. The van der Waals surface area contributed by atoms with Gasteiger partial charge in [-0.25, -0.2) is 15.0 Å². The van der Waals surface area contributed by atoms with Crippen LogP contribution in [-0.4, -0.2) is 59.3 Å². The van der Waals surface area contributed by atoms with Gasteiger partial charge in [-0.2, -0.15) is 5.10 Å². The summed E-state index contributed by atoms with van der Waals surface area (Å²) in [4.78, 5) is 54.3. The fourth-order valence-electron chi connectivity index (χ4n) is 5.81. The molecule has 4 atom stereocenters. The van der Waals surface area contributed by atoms with Crippen LogP contribution in [0.2, 0.25) is 0 Å². The fourth-order valence-corrected chi connectivity index (χ4v) is 6.12. The predicted octanol–water partition coefficient (Wildman–Crippen LogP) is 4.34. The molecule has 3 aromatic heterocycles. The third-order valence-corrected chi connectivity index (χ3v) is 8.48. The first-order valence-electron chi connectivity index (χ1n) is 13.2. The summed E-state index contributed by atoms with van der Waals surface area (Å²) in [5, 5.41) is 8.11. The van der Waals surface area contributed by atoms with Gasteiger partial charge in [0.25, 0.3) is 0 Å². The standard InChI is InChI=1S/C29H28BrN7O3/c1-14-5-8-24(30)33-28(14)34-29(40)23-10-20-15(2)27(20)37(23)25(39)13-36-22-7-6-18(19-11-31-17(4)32-12-19)9-21(22)26(35-36)16(3)38/h5-9,11-12,15,20,23,27H,10,13H2,1-4H3,(H,33,34,40)/t15-,20?,23-,27?/m0/s1. The number of rotatable bonds is 6. The number of piperidine rings is 1. The summed E-state index contributed by atoms with van der Waals surface area (Å²) in [6.07, 6.45) is 4.08. The van der Waals surface area contributed by atoms with E-state index >= 15 is 0 Å². The van der Waals surface area contributed by atoms with Crippen molar-refractivity contribution >= 4 is 50.2 Å². The number of anilines is 1. The quantitative estimate of drug-likeness (QED) is 0.257. The first-order chi connectivity index (χ1) is 19.1. The lowest BCUT2D eigenvalue weighted by Gasteiger charge is -2.28. The number of ketones is 1. The van der Waals surface area contributed by atoms with Gasteiger partial charge in [-0.15, -0.1) is 0 Å². The number of amides is 2. The molecular weight excluding hydrogens is 574 g/mol. The fraction of sp³-hybridized carbons (Fsp3) is 0.345. The Kier molecular flexibility index (Phi) is 6.48. The van der Waals surface area contributed by atoms with Crippen molar-refractivity contribution in [3.63, 3.8) is 0 Å². The average molecular weight is 602 g/mol. The number of pyridine rings is 1. The molecule has 10 nitrogen and oxygen atoms in total. The molecule has 1 N–H and O–H groups in total. The van der Waals surface area contributed by atoms with Crippen molar-refractivity contribution in [2.75, 3.05) is 5.32 Å². The van der Waals surface area contributed by atoms with Crippen molar-refractivity contribution in [3.05, 3.63) is 64.4 Å². The summed E-state index contributed by atoms with van der Waals surface area (Å²) < 4.78 is 2.19. The molecule has 0 bridgehead atoms. The van der Waals surface area contributed by atoms with E-state index in [-0.39, 0.29) is 36.1 Å². The predicted molar refractivity (Wildman–Crippen MR) is 152 cm³/mol. The summed E-state index contributed by atoms with van der Waals surface area (Å²) >= 11 is 3.35. The van der Waals surface area contributed by atoms with Crippen LogP contribution in [-0.2, 0) is 16.1 Å². The highest BCUT2D eigenvalue weighted by molar-refractivity contribution is 9.10. The third-order valence-electron chi connectivity index (χ3n) is 8.04. The molecule has 1 aromatic carbocycles. The average Bonchev–Trinajstić information content (AvgIpc) is 3.25. The van der Waals surface area contributed by atoms with Gasteiger partial charge in [0, 0.05) is 36.3 Å². The maximum absolute atomic E-state index is 13.8. The maximum Gasteiger partial charge on any atom is 0.248 e. The molecule has 40 heavy (non-hydrogen) atoms. The van der Waals surface area contributed by atoms with Crippen LogP contribution in [0.3, 0.4) is 0 Å². The van der Waals surface area contributed by atoms with E-state index in [0.717, 1.165) is 16.7 Å². The number of nitrogens with one attached hydrogen (secondary N) is 1. The van der Waals surface area contributed by atoms with Gasteiger partial charge >= 0.3 is 0 Å². The van der Waals surface area contributed by atoms with E-state index < -0.39 is 6.04 Å². The van der Waals surface area contributed by atoms with Crippen LogP contribution in [0, 0.1) is 25.7 Å². The lowest BCUT2D eigenvalue weighted by Crippen LogP contribution is -2.47. The van der Waals surface area contributed by atoms with Crippen LogP contribution < -0.4 is 5.32 Å². The molecule has 6 rings (SSSR count). The van der Waals surface area contributed by atoms with Gasteiger partial charge in [-0.05, 0) is 77.4 Å². The number of halogens is 1. The van der Waals surface area contributed by atoms with Crippen LogP contribution >= 0.6 is 15.9 Å². The first kappa shape index (κ1) is 26.2. The van der Waals surface area contributed by atoms with Crippen molar-refractivity contribution in [3.8, 4) is 11.1 Å². The van der Waals surface area contributed by atoms with Gasteiger partial charge in [0.2, 0.25) is 11.8 Å². The number of nitrogens with zero attached hydrogens (tertiary/aromatic N) is 6. The van der Waals surface area contributed by atoms with Gasteiger partial charge < -0.3 is 10.2 Å². The van der Waals surface area contributed by atoms with Crippen LogP contribution in [0.5, 0.6) is 0 Å². The minimum absolute atomic E-state index is 0.0158. The summed E-state index contributed by atoms with van der Waals surface area (Å²) in [6.45, 7) is 7.19. The number of hydrogen-bond acceptors (Lipinski definition) is 7. The number of fused-ring (bicyclic) bond motifs is 2. The van der Waals surface area contributed by atoms with E-state index in [1.54, 1.807) is 22.0 Å². The summed E-state index contributed by atoms with van der Waals surface area (Å²) in [7, 11) is 0. The van der Waals surface area contributed by atoms with Gasteiger partial charge in [0.1, 0.15) is 34.5 Å². The Morgan fingerprint density at radius 2 is 1.82 bits per heavy atom. The molecule has 2 amide bonds. The summed E-state index contributed by atoms with van der Waals surface area (Å²) in [6, 6.07) is 8.75. The smallest absolute Gasteiger partial charge is 0.248 e. The van der Waals surface area contributed by atoms with E-state index in [2.05, 4.69) is 48.2 Å². The lowest BCUT2D eigenvalue weighted by atomic mass is 10.0. The molecule has 1 saturated heterocycles. The molecule has 1 aliphatic carbocycles. The molecule has 1 saturated carbocycles. The zero-order valence-corrected chi connectivity index (χ0v) is 24.1. The number of carbonyl (C=O) groups excluding carboxylic acids is 3. The van der Waals surface area contributed by atoms with Crippen molar-refractivity contribution in [2.45, 2.75) is 52.7 Å². The Morgan fingerprint density at radius 3 is 2.55 bits per heavy atom. The Labute approximate surface area is 239 Å². The Hall–Kier alpha value is -3.99. The van der Waals surface area contributed by atoms with E-state index in [1.807, 2.05) is 44.2 Å². The SMILES string of the molecule is CC(=O)c1nn(CC(=O)N2C3C(C[C@H]2C(=O)Nc2nc(Br)ccc2C)[C@@H]3C)c2ccc(-c3cnc(C)nc3)cc12. The Bertz CT molecular complexity index is 1680. The van der Waals surface area contributed by atoms with Gasteiger partial charge in [-0.3, -0.25) is 19.1 Å². The molecule has 4 aromatic rings. The third kappa shape index (κ3) is 4.57. The van der Waals surface area contributed by atoms with Crippen LogP contribution in [0.4, 0.5) is 5.82 Å². The lowest BCUT2D eigenvalue weighted by molar-refractivity contribution is -0.138. The zero-order chi connectivity index (χ0) is 28.3. The zero-order valence-electron chi connectivity index (χ0n) is 22.6. The van der Waals surface area contributed by atoms with Crippen molar-refractivity contribution in [1.82, 2.24) is 29.6 Å². The molecule has 11 heteroatoms. The number of likely N-dealkylation sites (tertiary alicyclic amines) is 1. The second kappa shape index (κ2) is 9.88. The molecule has 2 fully saturated rings.